The Hall–Kier alpha value is -2.44. The van der Waals surface area contributed by atoms with Gasteiger partial charge in [0.2, 0.25) is 0 Å². The third-order valence-corrected chi connectivity index (χ3v) is 5.65. The van der Waals surface area contributed by atoms with E-state index in [9.17, 15) is 4.79 Å². The molecule has 0 aliphatic rings. The highest BCUT2D eigenvalue weighted by molar-refractivity contribution is 6.42. The summed E-state index contributed by atoms with van der Waals surface area (Å²) >= 11 is 18.4. The van der Waals surface area contributed by atoms with E-state index in [4.69, 9.17) is 49.4 Å². The number of carboxylic acids is 1. The summed E-state index contributed by atoms with van der Waals surface area (Å²) < 4.78 is 11.3. The van der Waals surface area contributed by atoms with E-state index in [-0.39, 0.29) is 12.2 Å². The summed E-state index contributed by atoms with van der Waals surface area (Å²) in [4.78, 5) is 10.9. The van der Waals surface area contributed by atoms with Gasteiger partial charge in [0.05, 0.1) is 22.7 Å². The Balaban J connectivity index is 1.62. The van der Waals surface area contributed by atoms with Crippen molar-refractivity contribution in [2.24, 2.45) is 0 Å². The van der Waals surface area contributed by atoms with E-state index in [0.29, 0.717) is 39.7 Å². The first kappa shape index (κ1) is 23.2. The average Bonchev–Trinajstić information content (AvgIpc) is 2.76. The van der Waals surface area contributed by atoms with E-state index in [1.165, 1.54) is 0 Å². The standard InChI is InChI=1S/C23H20Cl3NO4/c1-30-21-9-17(12-27-11-14-2-5-16(6-3-14)23(28)29)19(25)10-22(21)31-13-15-4-7-18(24)20(26)8-15/h2-10,27H,11-13H2,1H3,(H,28,29). The van der Waals surface area contributed by atoms with Crippen LogP contribution in [0.25, 0.3) is 0 Å². The Morgan fingerprint density at radius 3 is 2.23 bits per heavy atom. The number of carboxylic acid groups (broad SMARTS) is 1. The van der Waals surface area contributed by atoms with E-state index >= 15 is 0 Å². The van der Waals surface area contributed by atoms with Crippen LogP contribution in [0.4, 0.5) is 0 Å². The molecule has 0 fully saturated rings. The Morgan fingerprint density at radius 1 is 0.871 bits per heavy atom. The van der Waals surface area contributed by atoms with Crippen LogP contribution >= 0.6 is 34.8 Å². The van der Waals surface area contributed by atoms with Gasteiger partial charge >= 0.3 is 5.97 Å². The first-order valence-electron chi connectivity index (χ1n) is 9.33. The zero-order chi connectivity index (χ0) is 22.4. The summed E-state index contributed by atoms with van der Waals surface area (Å²) in [5, 5.41) is 13.7. The normalized spacial score (nSPS) is 10.7. The molecule has 0 saturated carbocycles. The number of nitrogens with one attached hydrogen (secondary N) is 1. The minimum absolute atomic E-state index is 0.257. The van der Waals surface area contributed by atoms with Crippen LogP contribution in [0.2, 0.25) is 15.1 Å². The highest BCUT2D eigenvalue weighted by Crippen LogP contribution is 2.34. The summed E-state index contributed by atoms with van der Waals surface area (Å²) in [7, 11) is 1.57. The summed E-state index contributed by atoms with van der Waals surface area (Å²) in [6.07, 6.45) is 0. The summed E-state index contributed by atoms with van der Waals surface area (Å²) in [5.74, 6) is 0.138. The number of ether oxygens (including phenoxy) is 2. The first-order valence-corrected chi connectivity index (χ1v) is 10.5. The lowest BCUT2D eigenvalue weighted by Crippen LogP contribution is -2.13. The quantitative estimate of drug-likeness (QED) is 0.380. The highest BCUT2D eigenvalue weighted by Gasteiger charge is 2.12. The van der Waals surface area contributed by atoms with Crippen molar-refractivity contribution in [3.05, 3.63) is 91.9 Å². The molecule has 0 saturated heterocycles. The fourth-order valence-corrected chi connectivity index (χ4v) is 3.42. The van der Waals surface area contributed by atoms with Gasteiger partial charge in [-0.15, -0.1) is 0 Å². The minimum atomic E-state index is -0.945. The van der Waals surface area contributed by atoms with Crippen molar-refractivity contribution >= 4 is 40.8 Å². The molecule has 0 aliphatic carbocycles. The number of methoxy groups -OCH3 is 1. The number of benzene rings is 3. The molecular weight excluding hydrogens is 461 g/mol. The van der Waals surface area contributed by atoms with E-state index in [1.54, 1.807) is 49.6 Å². The molecule has 162 valence electrons. The Kier molecular flexibility index (Phi) is 8.04. The van der Waals surface area contributed by atoms with Crippen LogP contribution in [0.3, 0.4) is 0 Å². The first-order chi connectivity index (χ1) is 14.9. The van der Waals surface area contributed by atoms with E-state index in [1.807, 2.05) is 12.1 Å². The van der Waals surface area contributed by atoms with Gasteiger partial charge in [0.1, 0.15) is 6.61 Å². The monoisotopic (exact) mass is 479 g/mol. The van der Waals surface area contributed by atoms with Gasteiger partial charge in [-0.05, 0) is 47.0 Å². The maximum absolute atomic E-state index is 10.9. The van der Waals surface area contributed by atoms with Crippen LogP contribution < -0.4 is 14.8 Å². The fourth-order valence-electron chi connectivity index (χ4n) is 2.88. The molecule has 2 N–H and O–H groups in total. The molecule has 3 aromatic carbocycles. The maximum Gasteiger partial charge on any atom is 0.335 e. The number of halogens is 3. The summed E-state index contributed by atoms with van der Waals surface area (Å²) in [6.45, 7) is 1.35. The molecule has 31 heavy (non-hydrogen) atoms. The van der Waals surface area contributed by atoms with Gasteiger partial charge in [-0.2, -0.15) is 0 Å². The number of hydrogen-bond acceptors (Lipinski definition) is 4. The van der Waals surface area contributed by atoms with Crippen LogP contribution in [0.1, 0.15) is 27.0 Å². The smallest absolute Gasteiger partial charge is 0.335 e. The fraction of sp³-hybridized carbons (Fsp3) is 0.174. The molecule has 8 heteroatoms. The van der Waals surface area contributed by atoms with Crippen LogP contribution in [0, 0.1) is 0 Å². The van der Waals surface area contributed by atoms with E-state index < -0.39 is 5.97 Å². The van der Waals surface area contributed by atoms with E-state index in [2.05, 4.69) is 5.32 Å². The van der Waals surface area contributed by atoms with Gasteiger partial charge in [0, 0.05) is 24.2 Å². The van der Waals surface area contributed by atoms with Crippen LogP contribution in [-0.4, -0.2) is 18.2 Å². The van der Waals surface area contributed by atoms with Crippen molar-refractivity contribution in [2.75, 3.05) is 7.11 Å². The molecular formula is C23H20Cl3NO4. The molecule has 5 nitrogen and oxygen atoms in total. The predicted molar refractivity (Wildman–Crippen MR) is 123 cm³/mol. The van der Waals surface area contributed by atoms with Crippen molar-refractivity contribution in [3.63, 3.8) is 0 Å². The summed E-state index contributed by atoms with van der Waals surface area (Å²) in [6, 6.07) is 15.6. The van der Waals surface area contributed by atoms with Gasteiger partial charge in [0.15, 0.2) is 11.5 Å². The minimum Gasteiger partial charge on any atom is -0.493 e. The topological polar surface area (TPSA) is 67.8 Å². The van der Waals surface area contributed by atoms with Crippen LogP contribution in [0.15, 0.2) is 54.6 Å². The van der Waals surface area contributed by atoms with Gasteiger partial charge in [-0.25, -0.2) is 4.79 Å². The largest absolute Gasteiger partial charge is 0.493 e. The van der Waals surface area contributed by atoms with Crippen LogP contribution in [0.5, 0.6) is 11.5 Å². The lowest BCUT2D eigenvalue weighted by Gasteiger charge is -2.15. The van der Waals surface area contributed by atoms with Crippen molar-refractivity contribution in [1.82, 2.24) is 5.32 Å². The molecule has 0 unspecified atom stereocenters. The van der Waals surface area contributed by atoms with Gasteiger partial charge in [-0.3, -0.25) is 0 Å². The second-order valence-electron chi connectivity index (χ2n) is 6.74. The average molecular weight is 481 g/mol. The van der Waals surface area contributed by atoms with Gasteiger partial charge in [0.25, 0.3) is 0 Å². The Labute approximate surface area is 195 Å². The number of hydrogen-bond donors (Lipinski definition) is 2. The molecule has 0 aliphatic heterocycles. The number of rotatable bonds is 9. The Morgan fingerprint density at radius 2 is 1.58 bits per heavy atom. The predicted octanol–water partition coefficient (Wildman–Crippen LogP) is 6.22. The SMILES string of the molecule is COc1cc(CNCc2ccc(C(=O)O)cc2)c(Cl)cc1OCc1ccc(Cl)c(Cl)c1. The summed E-state index contributed by atoms with van der Waals surface area (Å²) in [5.41, 5.74) is 2.94. The number of carbonyl (C=O) groups is 1. The maximum atomic E-state index is 10.9. The van der Waals surface area contributed by atoms with Gasteiger partial charge < -0.3 is 19.9 Å². The lowest BCUT2D eigenvalue weighted by molar-refractivity contribution is 0.0697. The van der Waals surface area contributed by atoms with Crippen molar-refractivity contribution in [3.8, 4) is 11.5 Å². The molecule has 0 aromatic heterocycles. The van der Waals surface area contributed by atoms with Crippen LogP contribution in [-0.2, 0) is 19.7 Å². The van der Waals surface area contributed by atoms with Crippen molar-refractivity contribution in [2.45, 2.75) is 19.7 Å². The zero-order valence-electron chi connectivity index (χ0n) is 16.6. The van der Waals surface area contributed by atoms with Crippen molar-refractivity contribution < 1.29 is 19.4 Å². The third-order valence-electron chi connectivity index (χ3n) is 4.56. The zero-order valence-corrected chi connectivity index (χ0v) is 18.9. The van der Waals surface area contributed by atoms with Gasteiger partial charge in [-0.1, -0.05) is 53.0 Å². The molecule has 0 amide bonds. The molecule has 0 bridgehead atoms. The molecule has 3 aromatic rings. The second-order valence-corrected chi connectivity index (χ2v) is 7.96. The molecule has 0 heterocycles. The molecule has 0 radical (unpaired) electrons. The molecule has 0 spiro atoms. The third kappa shape index (κ3) is 6.28. The molecule has 3 rings (SSSR count). The van der Waals surface area contributed by atoms with Crippen molar-refractivity contribution in [1.29, 1.82) is 0 Å². The second kappa shape index (κ2) is 10.7. The highest BCUT2D eigenvalue weighted by atomic mass is 35.5. The van der Waals surface area contributed by atoms with E-state index in [0.717, 1.165) is 16.7 Å². The molecule has 0 atom stereocenters. The number of aromatic carboxylic acids is 1. The lowest BCUT2D eigenvalue weighted by atomic mass is 10.1. The Bertz CT molecular complexity index is 1070.